The lowest BCUT2D eigenvalue weighted by atomic mass is 9.86. The Kier molecular flexibility index (Phi) is 9.76. The summed E-state index contributed by atoms with van der Waals surface area (Å²) in [4.78, 5) is 53.5. The van der Waals surface area contributed by atoms with Gasteiger partial charge in [-0.15, -0.1) is 0 Å². The molecule has 2 atom stereocenters. The van der Waals surface area contributed by atoms with Crippen molar-refractivity contribution in [2.24, 2.45) is 7.05 Å². The van der Waals surface area contributed by atoms with Gasteiger partial charge in [0, 0.05) is 32.0 Å². The molecule has 0 amide bonds. The molecule has 0 unspecified atom stereocenters. The number of nitrogens with one attached hydrogen (secondary N) is 1. The molecule has 0 spiro atoms. The van der Waals surface area contributed by atoms with Crippen molar-refractivity contribution in [3.63, 3.8) is 0 Å². The molecule has 0 radical (unpaired) electrons. The minimum atomic E-state index is -1.19. The Bertz CT molecular complexity index is 1910. The number of benzene rings is 3. The number of ether oxygens (including phenoxy) is 3. The van der Waals surface area contributed by atoms with Gasteiger partial charge in [-0.25, -0.2) is 0 Å². The molecule has 4 aromatic rings. The van der Waals surface area contributed by atoms with E-state index in [2.05, 4.69) is 24.1 Å². The Labute approximate surface area is 273 Å². The predicted molar refractivity (Wildman–Crippen MR) is 181 cm³/mol. The third kappa shape index (κ3) is 6.76. The highest BCUT2D eigenvalue weighted by molar-refractivity contribution is 6.06. The van der Waals surface area contributed by atoms with Gasteiger partial charge in [-0.1, -0.05) is 38.1 Å². The van der Waals surface area contributed by atoms with Crippen LogP contribution in [0.2, 0.25) is 0 Å². The normalized spacial score (nSPS) is 17.0. The number of pyridine rings is 1. The van der Waals surface area contributed by atoms with Crippen molar-refractivity contribution in [2.45, 2.75) is 71.7 Å². The van der Waals surface area contributed by atoms with E-state index >= 15 is 0 Å². The van der Waals surface area contributed by atoms with Crippen molar-refractivity contribution in [2.75, 3.05) is 31.5 Å². The van der Waals surface area contributed by atoms with Gasteiger partial charge < -0.3 is 34.1 Å². The van der Waals surface area contributed by atoms with Gasteiger partial charge >= 0.3 is 17.9 Å². The van der Waals surface area contributed by atoms with Crippen molar-refractivity contribution >= 4 is 56.2 Å². The quantitative estimate of drug-likeness (QED) is 0.115. The van der Waals surface area contributed by atoms with E-state index in [1.807, 2.05) is 48.0 Å². The number of anilines is 1. The third-order valence-electron chi connectivity index (χ3n) is 8.91. The van der Waals surface area contributed by atoms with Crippen LogP contribution in [0.3, 0.4) is 0 Å². The van der Waals surface area contributed by atoms with Crippen LogP contribution in [0.5, 0.6) is 5.75 Å². The Morgan fingerprint density at radius 1 is 1.04 bits per heavy atom. The molecule has 0 aliphatic carbocycles. The van der Waals surface area contributed by atoms with Crippen LogP contribution in [0.15, 0.2) is 47.3 Å². The van der Waals surface area contributed by atoms with E-state index in [4.69, 9.17) is 19.3 Å². The highest BCUT2D eigenvalue weighted by Gasteiger charge is 2.50. The van der Waals surface area contributed by atoms with E-state index in [-0.39, 0.29) is 11.8 Å². The molecule has 1 aliphatic heterocycles. The molecule has 1 aliphatic rings. The maximum Gasteiger partial charge on any atom is 0.306 e. The molecule has 11 nitrogen and oxygen atoms in total. The van der Waals surface area contributed by atoms with Gasteiger partial charge in [0.15, 0.2) is 17.6 Å². The highest BCUT2D eigenvalue weighted by Crippen LogP contribution is 2.48. The first kappa shape index (κ1) is 33.7. The number of carboxylic acids is 1. The summed E-state index contributed by atoms with van der Waals surface area (Å²) in [6.07, 6.45) is -2.23. The number of rotatable bonds is 12. The van der Waals surface area contributed by atoms with Crippen molar-refractivity contribution in [1.29, 1.82) is 0 Å². The van der Waals surface area contributed by atoms with Gasteiger partial charge in [0.2, 0.25) is 0 Å². The molecule has 0 saturated carbocycles. The number of aliphatic carboxylic acids is 1. The number of aryl methyl sites for hydroxylation is 1. The summed E-state index contributed by atoms with van der Waals surface area (Å²) in [5.41, 5.74) is 0.746. The predicted octanol–water partition coefficient (Wildman–Crippen LogP) is 5.54. The molecule has 0 bridgehead atoms. The van der Waals surface area contributed by atoms with E-state index < -0.39 is 42.1 Å². The average molecular weight is 646 g/mol. The van der Waals surface area contributed by atoms with Crippen LogP contribution in [-0.2, 0) is 30.9 Å². The summed E-state index contributed by atoms with van der Waals surface area (Å²) in [5.74, 6) is -2.14. The maximum absolute atomic E-state index is 14.5. The van der Waals surface area contributed by atoms with Gasteiger partial charge in [-0.2, -0.15) is 0 Å². The fourth-order valence-corrected chi connectivity index (χ4v) is 6.52. The van der Waals surface area contributed by atoms with Crippen LogP contribution >= 0.6 is 0 Å². The summed E-state index contributed by atoms with van der Waals surface area (Å²) in [6, 6.07) is 13.4. The number of hydrogen-bond donors (Lipinski definition) is 2. The van der Waals surface area contributed by atoms with Crippen molar-refractivity contribution < 1.29 is 33.7 Å². The molecule has 0 saturated heterocycles. The smallest absolute Gasteiger partial charge is 0.306 e. The maximum atomic E-state index is 14.5. The van der Waals surface area contributed by atoms with Gasteiger partial charge in [0.25, 0.3) is 0 Å². The molecule has 5 rings (SSSR count). The zero-order valence-electron chi connectivity index (χ0n) is 27.8. The van der Waals surface area contributed by atoms with E-state index in [9.17, 15) is 19.2 Å². The zero-order valence-corrected chi connectivity index (χ0v) is 27.8. The highest BCUT2D eigenvalue weighted by atomic mass is 16.6. The molecule has 47 heavy (non-hydrogen) atoms. The number of carbonyl (C=O) groups is 3. The molecule has 250 valence electrons. The summed E-state index contributed by atoms with van der Waals surface area (Å²) in [7, 11) is 1.85. The Morgan fingerprint density at radius 2 is 1.72 bits per heavy atom. The molecule has 0 fully saturated rings. The molecular weight excluding hydrogens is 602 g/mol. The van der Waals surface area contributed by atoms with E-state index in [1.54, 1.807) is 19.9 Å². The van der Waals surface area contributed by atoms with Crippen LogP contribution in [0, 0.1) is 0 Å². The molecular formula is C36H43N3O8. The second-order valence-electron chi connectivity index (χ2n) is 12.5. The Hall–Kier alpha value is -4.64. The molecule has 1 aromatic heterocycles. The lowest BCUT2D eigenvalue weighted by Gasteiger charge is -2.44. The summed E-state index contributed by atoms with van der Waals surface area (Å²) < 4.78 is 20.2. The number of hydrogen-bond acceptors (Lipinski definition) is 9. The largest absolute Gasteiger partial charge is 0.483 e. The van der Waals surface area contributed by atoms with E-state index in [1.165, 1.54) is 6.92 Å². The zero-order chi connectivity index (χ0) is 34.0. The lowest BCUT2D eigenvalue weighted by Crippen LogP contribution is -2.52. The molecule has 3 aromatic carbocycles. The van der Waals surface area contributed by atoms with E-state index in [0.717, 1.165) is 36.8 Å². The van der Waals surface area contributed by atoms with Crippen LogP contribution in [-0.4, -0.2) is 70.4 Å². The number of carbonyl (C=O) groups excluding carboxylic acids is 2. The summed E-state index contributed by atoms with van der Waals surface area (Å²) in [5, 5.41) is 15.4. The van der Waals surface area contributed by atoms with E-state index in [0.29, 0.717) is 45.4 Å². The first-order valence-corrected chi connectivity index (χ1v) is 16.1. The molecule has 11 heteroatoms. The van der Waals surface area contributed by atoms with Crippen molar-refractivity contribution in [3.8, 4) is 5.75 Å². The fraction of sp³-hybridized carbons (Fsp3) is 0.444. The average Bonchev–Trinajstić information content (AvgIpc) is 3.02. The minimum Gasteiger partial charge on any atom is -0.483 e. The number of nitrogens with zero attached hydrogens (tertiary/aromatic N) is 2. The Balaban J connectivity index is 1.75. The SMILES string of the molecule is CCN(CC)CCCNc1cc2c(c3c1c(=O)c1cc4ccccc4cc1n3C)[C@@H](OC(C)=O)[C@@H](OC(=O)CCC(=O)O)C(C)(C)O2. The first-order chi connectivity index (χ1) is 22.4. The third-order valence-corrected chi connectivity index (χ3v) is 8.91. The van der Waals surface area contributed by atoms with Gasteiger partial charge in [0.05, 0.1) is 40.5 Å². The number of esters is 2. The van der Waals surface area contributed by atoms with Gasteiger partial charge in [0.1, 0.15) is 11.4 Å². The molecule has 2 N–H and O–H groups in total. The van der Waals surface area contributed by atoms with Gasteiger partial charge in [-0.05, 0) is 62.8 Å². The second kappa shape index (κ2) is 13.6. The van der Waals surface area contributed by atoms with Crippen LogP contribution in [0.4, 0.5) is 5.69 Å². The summed E-state index contributed by atoms with van der Waals surface area (Å²) in [6.45, 7) is 12.3. The van der Waals surface area contributed by atoms with Crippen LogP contribution < -0.4 is 15.5 Å². The first-order valence-electron chi connectivity index (χ1n) is 16.1. The Morgan fingerprint density at radius 3 is 2.36 bits per heavy atom. The lowest BCUT2D eigenvalue weighted by molar-refractivity contribution is -0.189. The second-order valence-corrected chi connectivity index (χ2v) is 12.5. The standard InChI is InChI=1S/C36H43N3O8/c1-7-39(8-2)17-11-16-37-25-20-27-31(34(45-21(3)40)35(36(4,5)47-27)46-29(43)15-14-28(41)42)32-30(25)33(44)24-18-22-12-9-10-13-23(22)19-26(24)38(32)6/h9-10,12-13,18-20,34-35,37H,7-8,11,14-17H2,1-6H3,(H,41,42)/t34-,35-/m1/s1. The van der Waals surface area contributed by atoms with Crippen LogP contribution in [0.25, 0.3) is 32.6 Å². The topological polar surface area (TPSA) is 136 Å². The molecule has 2 heterocycles. The minimum absolute atomic E-state index is 0.200. The number of aromatic nitrogens is 1. The monoisotopic (exact) mass is 645 g/mol. The van der Waals surface area contributed by atoms with Crippen molar-refractivity contribution in [1.82, 2.24) is 9.47 Å². The number of fused-ring (bicyclic) bond motifs is 5. The van der Waals surface area contributed by atoms with Crippen LogP contribution in [0.1, 0.15) is 65.5 Å². The van der Waals surface area contributed by atoms with Gasteiger partial charge in [-0.3, -0.25) is 19.2 Å². The fourth-order valence-electron chi connectivity index (χ4n) is 6.52. The number of carboxylic acid groups (broad SMARTS) is 1. The summed E-state index contributed by atoms with van der Waals surface area (Å²) >= 11 is 0. The van der Waals surface area contributed by atoms with Crippen molar-refractivity contribution in [3.05, 3.63) is 58.3 Å².